The summed E-state index contributed by atoms with van der Waals surface area (Å²) in [4.78, 5) is 30.5. The summed E-state index contributed by atoms with van der Waals surface area (Å²) in [7, 11) is 0. The molecule has 0 bridgehead atoms. The highest BCUT2D eigenvalue weighted by Gasteiger charge is 2.32. The summed E-state index contributed by atoms with van der Waals surface area (Å²) in [6.07, 6.45) is 0.371. The first-order chi connectivity index (χ1) is 11.2. The Morgan fingerprint density at radius 2 is 1.87 bits per heavy atom. The Hall–Kier alpha value is -2.08. The van der Waals surface area contributed by atoms with E-state index in [1.807, 2.05) is 35.2 Å². The Morgan fingerprint density at radius 3 is 2.52 bits per heavy atom. The van der Waals surface area contributed by atoms with Crippen LogP contribution in [-0.2, 0) is 4.79 Å². The third-order valence-corrected chi connectivity index (χ3v) is 4.63. The first kappa shape index (κ1) is 15.8. The zero-order valence-corrected chi connectivity index (χ0v) is 13.6. The molecule has 6 heteroatoms. The second kappa shape index (κ2) is 7.00. The van der Waals surface area contributed by atoms with Gasteiger partial charge in [-0.1, -0.05) is 25.1 Å². The summed E-state index contributed by atoms with van der Waals surface area (Å²) in [6.45, 7) is 7.05. The molecule has 124 valence electrons. The highest BCUT2D eigenvalue weighted by molar-refractivity contribution is 5.96. The monoisotopic (exact) mass is 316 g/mol. The van der Waals surface area contributed by atoms with E-state index in [4.69, 9.17) is 0 Å². The third kappa shape index (κ3) is 3.64. The minimum atomic E-state index is -0.112. The molecule has 3 amide bonds. The van der Waals surface area contributed by atoms with E-state index in [9.17, 15) is 9.59 Å². The molecule has 3 rings (SSSR count). The van der Waals surface area contributed by atoms with Gasteiger partial charge in [0.2, 0.25) is 5.91 Å². The Bertz CT molecular complexity index is 555. The van der Waals surface area contributed by atoms with E-state index in [2.05, 4.69) is 17.1 Å². The van der Waals surface area contributed by atoms with Crippen LogP contribution in [-0.4, -0.2) is 67.0 Å². The van der Waals surface area contributed by atoms with Gasteiger partial charge in [0.05, 0.1) is 6.04 Å². The maximum Gasteiger partial charge on any atom is 0.317 e. The van der Waals surface area contributed by atoms with E-state index in [1.54, 1.807) is 4.90 Å². The lowest BCUT2D eigenvalue weighted by Gasteiger charge is -2.34. The highest BCUT2D eigenvalue weighted by Crippen LogP contribution is 2.21. The summed E-state index contributed by atoms with van der Waals surface area (Å²) < 4.78 is 0. The number of likely N-dealkylation sites (N-methyl/N-ethyl adjacent to an activating group) is 1. The molecular formula is C17H24N4O2. The first-order valence-electron chi connectivity index (χ1n) is 8.30. The van der Waals surface area contributed by atoms with Gasteiger partial charge < -0.3 is 20.0 Å². The van der Waals surface area contributed by atoms with Crippen molar-refractivity contribution in [2.24, 2.45) is 0 Å². The third-order valence-electron chi connectivity index (χ3n) is 4.63. The quantitative estimate of drug-likeness (QED) is 0.910. The Morgan fingerprint density at radius 1 is 1.17 bits per heavy atom. The molecule has 1 N–H and O–H groups in total. The number of carbonyl (C=O) groups excluding carboxylic acids is 2. The Kier molecular flexibility index (Phi) is 4.81. The first-order valence-corrected chi connectivity index (χ1v) is 8.30. The fourth-order valence-corrected chi connectivity index (χ4v) is 3.19. The van der Waals surface area contributed by atoms with Crippen molar-refractivity contribution in [1.29, 1.82) is 0 Å². The highest BCUT2D eigenvalue weighted by atomic mass is 16.2. The maximum absolute atomic E-state index is 12.4. The van der Waals surface area contributed by atoms with Crippen LogP contribution in [0.25, 0.3) is 0 Å². The molecule has 0 spiro atoms. The number of benzene rings is 1. The smallest absolute Gasteiger partial charge is 0.317 e. The molecule has 1 atom stereocenters. The number of para-hydroxylation sites is 1. The summed E-state index contributed by atoms with van der Waals surface area (Å²) in [5.74, 6) is 0.0669. The number of hydrogen-bond acceptors (Lipinski definition) is 3. The van der Waals surface area contributed by atoms with Gasteiger partial charge in [0.1, 0.15) is 0 Å². The van der Waals surface area contributed by atoms with Gasteiger partial charge in [-0.15, -0.1) is 0 Å². The van der Waals surface area contributed by atoms with Crippen LogP contribution >= 0.6 is 0 Å². The Labute approximate surface area is 137 Å². The van der Waals surface area contributed by atoms with Crippen molar-refractivity contribution in [2.45, 2.75) is 19.4 Å². The summed E-state index contributed by atoms with van der Waals surface area (Å²) in [6, 6.07) is 9.45. The predicted octanol–water partition coefficient (Wildman–Crippen LogP) is 1.14. The SMILES string of the molecule is CCN1CCN(C(=O)N[C@H]2CC(=O)N(c3ccccc3)C2)CC1. The maximum atomic E-state index is 12.4. The number of nitrogens with one attached hydrogen (secondary N) is 1. The van der Waals surface area contributed by atoms with Crippen molar-refractivity contribution in [1.82, 2.24) is 15.1 Å². The van der Waals surface area contributed by atoms with Crippen molar-refractivity contribution in [3.8, 4) is 0 Å². The number of carbonyl (C=O) groups is 2. The van der Waals surface area contributed by atoms with Gasteiger partial charge in [0, 0.05) is 44.8 Å². The standard InChI is InChI=1S/C17H24N4O2/c1-2-19-8-10-20(11-9-19)17(23)18-14-12-16(22)21(13-14)15-6-4-3-5-7-15/h3-7,14H,2,8-13H2,1H3,(H,18,23)/t14-/m0/s1. The minimum Gasteiger partial charge on any atom is -0.333 e. The lowest BCUT2D eigenvalue weighted by Crippen LogP contribution is -2.53. The molecule has 2 fully saturated rings. The molecule has 2 aliphatic heterocycles. The number of nitrogens with zero attached hydrogens (tertiary/aromatic N) is 3. The van der Waals surface area contributed by atoms with E-state index in [1.165, 1.54) is 0 Å². The zero-order chi connectivity index (χ0) is 16.2. The van der Waals surface area contributed by atoms with E-state index in [0.29, 0.717) is 13.0 Å². The van der Waals surface area contributed by atoms with Gasteiger partial charge in [0.15, 0.2) is 0 Å². The second-order valence-corrected chi connectivity index (χ2v) is 6.11. The van der Waals surface area contributed by atoms with Crippen LogP contribution in [0.2, 0.25) is 0 Å². The number of rotatable bonds is 3. The van der Waals surface area contributed by atoms with Gasteiger partial charge in [0.25, 0.3) is 0 Å². The number of anilines is 1. The molecule has 0 aromatic heterocycles. The molecule has 0 aliphatic carbocycles. The number of urea groups is 1. The molecule has 2 heterocycles. The molecule has 0 unspecified atom stereocenters. The van der Waals surface area contributed by atoms with E-state index >= 15 is 0 Å². The van der Waals surface area contributed by atoms with Crippen LogP contribution in [0.5, 0.6) is 0 Å². The topological polar surface area (TPSA) is 55.9 Å². The number of hydrogen-bond donors (Lipinski definition) is 1. The molecule has 1 aromatic carbocycles. The van der Waals surface area contributed by atoms with Crippen LogP contribution in [0, 0.1) is 0 Å². The largest absolute Gasteiger partial charge is 0.333 e. The van der Waals surface area contributed by atoms with Crippen molar-refractivity contribution in [3.05, 3.63) is 30.3 Å². The van der Waals surface area contributed by atoms with Crippen LogP contribution < -0.4 is 10.2 Å². The van der Waals surface area contributed by atoms with Gasteiger partial charge in [-0.05, 0) is 18.7 Å². The van der Waals surface area contributed by atoms with Gasteiger partial charge in [-0.3, -0.25) is 4.79 Å². The second-order valence-electron chi connectivity index (χ2n) is 6.11. The Balaban J connectivity index is 1.53. The minimum absolute atomic E-state index is 0.0477. The normalized spacial score (nSPS) is 22.5. The molecule has 6 nitrogen and oxygen atoms in total. The molecule has 2 aliphatic rings. The lowest BCUT2D eigenvalue weighted by atomic mass is 10.2. The molecule has 1 aromatic rings. The summed E-state index contributed by atoms with van der Waals surface area (Å²) in [5, 5.41) is 3.02. The molecule has 23 heavy (non-hydrogen) atoms. The van der Waals surface area contributed by atoms with Gasteiger partial charge in [-0.25, -0.2) is 4.79 Å². The van der Waals surface area contributed by atoms with Gasteiger partial charge in [-0.2, -0.15) is 0 Å². The predicted molar refractivity (Wildman–Crippen MR) is 89.4 cm³/mol. The van der Waals surface area contributed by atoms with Crippen molar-refractivity contribution in [2.75, 3.05) is 44.2 Å². The van der Waals surface area contributed by atoms with E-state index in [0.717, 1.165) is 38.4 Å². The lowest BCUT2D eigenvalue weighted by molar-refractivity contribution is -0.117. The molecule has 2 saturated heterocycles. The van der Waals surface area contributed by atoms with Crippen molar-refractivity contribution in [3.63, 3.8) is 0 Å². The fraction of sp³-hybridized carbons (Fsp3) is 0.529. The average molecular weight is 316 g/mol. The molecule has 0 radical (unpaired) electrons. The van der Waals surface area contributed by atoms with Crippen molar-refractivity contribution < 1.29 is 9.59 Å². The van der Waals surface area contributed by atoms with Crippen LogP contribution in [0.3, 0.4) is 0 Å². The van der Waals surface area contributed by atoms with Crippen LogP contribution in [0.15, 0.2) is 30.3 Å². The number of piperazine rings is 1. The summed E-state index contributed by atoms with van der Waals surface area (Å²) >= 11 is 0. The van der Waals surface area contributed by atoms with Crippen LogP contribution in [0.1, 0.15) is 13.3 Å². The molecular weight excluding hydrogens is 292 g/mol. The van der Waals surface area contributed by atoms with Crippen molar-refractivity contribution >= 4 is 17.6 Å². The average Bonchev–Trinajstić information content (AvgIpc) is 2.96. The zero-order valence-electron chi connectivity index (χ0n) is 13.6. The van der Waals surface area contributed by atoms with E-state index < -0.39 is 0 Å². The molecule has 0 saturated carbocycles. The van der Waals surface area contributed by atoms with Crippen LogP contribution in [0.4, 0.5) is 10.5 Å². The van der Waals surface area contributed by atoms with E-state index in [-0.39, 0.29) is 18.0 Å². The number of amides is 3. The summed E-state index contributed by atoms with van der Waals surface area (Å²) in [5.41, 5.74) is 0.894. The fourth-order valence-electron chi connectivity index (χ4n) is 3.19. The van der Waals surface area contributed by atoms with Gasteiger partial charge >= 0.3 is 6.03 Å².